The van der Waals surface area contributed by atoms with Crippen molar-refractivity contribution in [3.05, 3.63) is 52.5 Å². The average Bonchev–Trinajstić information content (AvgIpc) is 3.41. The van der Waals surface area contributed by atoms with Gasteiger partial charge in [-0.3, -0.25) is 4.79 Å². The number of ether oxygens (including phenoxy) is 2. The highest BCUT2D eigenvalue weighted by Crippen LogP contribution is 2.44. The Balaban J connectivity index is 1.73. The van der Waals surface area contributed by atoms with Crippen LogP contribution in [-0.2, 0) is 4.79 Å². The molecule has 1 unspecified atom stereocenters. The molecule has 3 aromatic rings. The van der Waals surface area contributed by atoms with Crippen molar-refractivity contribution >= 4 is 23.1 Å². The Morgan fingerprint density at radius 2 is 2.10 bits per heavy atom. The summed E-state index contributed by atoms with van der Waals surface area (Å²) in [5.41, 5.74) is 2.49. The average molecular weight is 408 g/mol. The number of nitrogens with zero attached hydrogens (tertiary/aromatic N) is 3. The minimum atomic E-state index is -0.416. The number of allylic oxidation sites excluding steroid dienone is 2. The fourth-order valence-electron chi connectivity index (χ4n) is 4.01. The third-order valence-electron chi connectivity index (χ3n) is 5.34. The highest BCUT2D eigenvalue weighted by Gasteiger charge is 2.38. The van der Waals surface area contributed by atoms with E-state index in [1.807, 2.05) is 35.7 Å². The molecule has 1 aliphatic heterocycles. The molecule has 29 heavy (non-hydrogen) atoms. The number of thiophene rings is 1. The molecule has 2 aromatic heterocycles. The zero-order valence-electron chi connectivity index (χ0n) is 16.1. The van der Waals surface area contributed by atoms with Crippen molar-refractivity contribution in [2.45, 2.75) is 25.3 Å². The van der Waals surface area contributed by atoms with Gasteiger partial charge in [0, 0.05) is 23.3 Å². The SMILES string of the molecule is COc1ccc(OC)c(C2C3=C(CCCC3=O)Nc3nc(-c4cccs4)nn32)c1. The number of nitrogens with one attached hydrogen (secondary N) is 1. The molecule has 0 amide bonds. The molecule has 1 N–H and O–H groups in total. The Hall–Kier alpha value is -3.13. The topological polar surface area (TPSA) is 78.3 Å². The largest absolute Gasteiger partial charge is 0.497 e. The summed E-state index contributed by atoms with van der Waals surface area (Å²) in [4.78, 5) is 18.7. The van der Waals surface area contributed by atoms with Gasteiger partial charge >= 0.3 is 0 Å². The van der Waals surface area contributed by atoms with E-state index in [0.717, 1.165) is 34.6 Å². The van der Waals surface area contributed by atoms with Crippen molar-refractivity contribution < 1.29 is 14.3 Å². The number of aromatic nitrogens is 3. The molecular weight excluding hydrogens is 388 g/mol. The van der Waals surface area contributed by atoms with E-state index in [-0.39, 0.29) is 5.78 Å². The molecule has 0 radical (unpaired) electrons. The molecule has 148 valence electrons. The first kappa shape index (κ1) is 17.9. The maximum Gasteiger partial charge on any atom is 0.226 e. The number of ketones is 1. The Labute approximate surface area is 172 Å². The summed E-state index contributed by atoms with van der Waals surface area (Å²) in [7, 11) is 3.25. The number of fused-ring (bicyclic) bond motifs is 1. The van der Waals surface area contributed by atoms with E-state index < -0.39 is 6.04 Å². The normalized spacial score (nSPS) is 18.1. The van der Waals surface area contributed by atoms with Crippen LogP contribution in [0.4, 0.5) is 5.95 Å². The number of hydrogen-bond donors (Lipinski definition) is 1. The first-order chi connectivity index (χ1) is 14.2. The Kier molecular flexibility index (Phi) is 4.35. The molecule has 0 bridgehead atoms. The van der Waals surface area contributed by atoms with Gasteiger partial charge in [0.2, 0.25) is 5.95 Å². The zero-order valence-corrected chi connectivity index (χ0v) is 17.0. The molecular formula is C21H20N4O3S. The van der Waals surface area contributed by atoms with Crippen LogP contribution in [0.5, 0.6) is 11.5 Å². The van der Waals surface area contributed by atoms with E-state index >= 15 is 0 Å². The van der Waals surface area contributed by atoms with Crippen molar-refractivity contribution in [2.75, 3.05) is 19.5 Å². The lowest BCUT2D eigenvalue weighted by Crippen LogP contribution is -2.31. The van der Waals surface area contributed by atoms with Crippen molar-refractivity contribution in [1.29, 1.82) is 0 Å². The van der Waals surface area contributed by atoms with Gasteiger partial charge in [0.1, 0.15) is 17.5 Å². The number of carbonyl (C=O) groups excluding carboxylic acids is 1. The molecule has 0 spiro atoms. The number of rotatable bonds is 4. The lowest BCUT2D eigenvalue weighted by Gasteiger charge is -2.32. The number of methoxy groups -OCH3 is 2. The van der Waals surface area contributed by atoms with Crippen LogP contribution in [0.1, 0.15) is 30.9 Å². The van der Waals surface area contributed by atoms with Gasteiger partial charge in [0.15, 0.2) is 11.6 Å². The van der Waals surface area contributed by atoms with E-state index in [4.69, 9.17) is 19.6 Å². The van der Waals surface area contributed by atoms with E-state index in [2.05, 4.69) is 5.32 Å². The van der Waals surface area contributed by atoms with Crippen molar-refractivity contribution in [2.24, 2.45) is 0 Å². The summed E-state index contributed by atoms with van der Waals surface area (Å²) in [6.45, 7) is 0. The highest BCUT2D eigenvalue weighted by atomic mass is 32.1. The minimum Gasteiger partial charge on any atom is -0.497 e. The predicted molar refractivity (Wildman–Crippen MR) is 111 cm³/mol. The zero-order chi connectivity index (χ0) is 20.0. The summed E-state index contributed by atoms with van der Waals surface area (Å²) in [5.74, 6) is 2.79. The van der Waals surface area contributed by atoms with E-state index in [1.165, 1.54) is 0 Å². The molecule has 1 aliphatic carbocycles. The predicted octanol–water partition coefficient (Wildman–Crippen LogP) is 4.05. The second-order valence-corrected chi connectivity index (χ2v) is 7.93. The van der Waals surface area contributed by atoms with Crippen LogP contribution >= 0.6 is 11.3 Å². The summed E-state index contributed by atoms with van der Waals surface area (Å²) >= 11 is 1.58. The fourth-order valence-corrected chi connectivity index (χ4v) is 4.66. The lowest BCUT2D eigenvalue weighted by atomic mass is 9.85. The summed E-state index contributed by atoms with van der Waals surface area (Å²) in [6, 6.07) is 9.17. The van der Waals surface area contributed by atoms with Crippen LogP contribution in [0.2, 0.25) is 0 Å². The Bertz CT molecular complexity index is 1120. The first-order valence-corrected chi connectivity index (χ1v) is 10.3. The third kappa shape index (κ3) is 2.91. The molecule has 0 saturated heterocycles. The number of carbonyl (C=O) groups is 1. The molecule has 2 aliphatic rings. The van der Waals surface area contributed by atoms with Gasteiger partial charge in [0.25, 0.3) is 0 Å². The maximum atomic E-state index is 13.0. The number of benzene rings is 1. The summed E-state index contributed by atoms with van der Waals surface area (Å²) in [6.07, 6.45) is 2.18. The maximum absolute atomic E-state index is 13.0. The quantitative estimate of drug-likeness (QED) is 0.702. The second kappa shape index (κ2) is 7.04. The van der Waals surface area contributed by atoms with E-state index in [1.54, 1.807) is 30.2 Å². The minimum absolute atomic E-state index is 0.132. The molecule has 1 atom stereocenters. The smallest absolute Gasteiger partial charge is 0.226 e. The lowest BCUT2D eigenvalue weighted by molar-refractivity contribution is -0.116. The van der Waals surface area contributed by atoms with Gasteiger partial charge in [-0.25, -0.2) is 4.68 Å². The Morgan fingerprint density at radius 3 is 2.86 bits per heavy atom. The molecule has 0 saturated carbocycles. The molecule has 1 aromatic carbocycles. The van der Waals surface area contributed by atoms with Gasteiger partial charge in [-0.2, -0.15) is 4.98 Å². The van der Waals surface area contributed by atoms with Gasteiger partial charge in [-0.05, 0) is 42.5 Å². The van der Waals surface area contributed by atoms with Crippen LogP contribution in [0.25, 0.3) is 10.7 Å². The molecule has 5 rings (SSSR count). The third-order valence-corrected chi connectivity index (χ3v) is 6.21. The highest BCUT2D eigenvalue weighted by molar-refractivity contribution is 7.13. The second-order valence-electron chi connectivity index (χ2n) is 6.99. The fraction of sp³-hybridized carbons (Fsp3) is 0.286. The van der Waals surface area contributed by atoms with Crippen LogP contribution in [0.3, 0.4) is 0 Å². The van der Waals surface area contributed by atoms with Gasteiger partial charge in [0.05, 0.1) is 19.1 Å². The Morgan fingerprint density at radius 1 is 1.21 bits per heavy atom. The van der Waals surface area contributed by atoms with Crippen molar-refractivity contribution in [1.82, 2.24) is 14.8 Å². The number of hydrogen-bond acceptors (Lipinski definition) is 7. The van der Waals surface area contributed by atoms with Gasteiger partial charge in [-0.1, -0.05) is 6.07 Å². The van der Waals surface area contributed by atoms with Gasteiger partial charge < -0.3 is 14.8 Å². The van der Waals surface area contributed by atoms with Crippen LogP contribution in [0.15, 0.2) is 47.0 Å². The molecule has 0 fully saturated rings. The summed E-state index contributed by atoms with van der Waals surface area (Å²) < 4.78 is 12.9. The van der Waals surface area contributed by atoms with Crippen molar-refractivity contribution in [3.63, 3.8) is 0 Å². The summed E-state index contributed by atoms with van der Waals surface area (Å²) in [5, 5.41) is 10.1. The standard InChI is InChI=1S/C21H20N4O3S/c1-27-12-8-9-16(28-2)13(11-12)19-18-14(5-3-6-15(18)26)22-21-23-20(24-25(19)21)17-7-4-10-29-17/h4,7-11,19H,3,5-6H2,1-2H3,(H,22,23,24). The monoisotopic (exact) mass is 408 g/mol. The van der Waals surface area contributed by atoms with E-state index in [0.29, 0.717) is 29.7 Å². The van der Waals surface area contributed by atoms with Crippen LogP contribution < -0.4 is 14.8 Å². The number of anilines is 1. The van der Waals surface area contributed by atoms with Crippen LogP contribution in [-0.4, -0.2) is 34.8 Å². The van der Waals surface area contributed by atoms with Gasteiger partial charge in [-0.15, -0.1) is 16.4 Å². The van der Waals surface area contributed by atoms with Crippen LogP contribution in [0, 0.1) is 0 Å². The molecule has 7 nitrogen and oxygen atoms in total. The first-order valence-electron chi connectivity index (χ1n) is 9.45. The van der Waals surface area contributed by atoms with Crippen molar-refractivity contribution in [3.8, 4) is 22.2 Å². The van der Waals surface area contributed by atoms with E-state index in [9.17, 15) is 4.79 Å². The molecule has 8 heteroatoms. The number of Topliss-reactive ketones (excluding diaryl/α,β-unsaturated/α-hetero) is 1. The molecule has 3 heterocycles.